The van der Waals surface area contributed by atoms with Gasteiger partial charge in [-0.1, -0.05) is 12.1 Å². The van der Waals surface area contributed by atoms with E-state index in [1.54, 1.807) is 41.5 Å². The van der Waals surface area contributed by atoms with E-state index < -0.39 is 0 Å². The normalized spacial score (nSPS) is 10.3. The molecule has 104 valence electrons. The van der Waals surface area contributed by atoms with Crippen molar-refractivity contribution in [3.05, 3.63) is 60.7 Å². The molecule has 0 fully saturated rings. The van der Waals surface area contributed by atoms with E-state index in [2.05, 4.69) is 20.4 Å². The van der Waals surface area contributed by atoms with E-state index in [1.807, 2.05) is 18.2 Å². The number of benzene rings is 1. The van der Waals surface area contributed by atoms with Crippen molar-refractivity contribution in [3.8, 4) is 5.69 Å². The Balaban J connectivity index is 1.82. The summed E-state index contributed by atoms with van der Waals surface area (Å²) in [5, 5.41) is 6.78. The maximum Gasteiger partial charge on any atom is 0.278 e. The van der Waals surface area contributed by atoms with E-state index in [4.69, 9.17) is 5.73 Å². The monoisotopic (exact) mass is 280 g/mol. The lowest BCUT2D eigenvalue weighted by Gasteiger charge is -2.04. The molecule has 0 aliphatic rings. The molecule has 0 bridgehead atoms. The van der Waals surface area contributed by atoms with E-state index in [-0.39, 0.29) is 17.5 Å². The number of nitrogens with zero attached hydrogens (tertiary/aromatic N) is 4. The number of amides is 1. The average Bonchev–Trinajstić information content (AvgIpc) is 2.98. The summed E-state index contributed by atoms with van der Waals surface area (Å²) >= 11 is 0. The molecule has 3 N–H and O–H groups in total. The highest BCUT2D eigenvalue weighted by molar-refractivity contribution is 6.01. The fraction of sp³-hybridized carbons (Fsp3) is 0. The molecule has 0 atom stereocenters. The summed E-state index contributed by atoms with van der Waals surface area (Å²) in [6, 6.07) is 10.6. The molecular weight excluding hydrogens is 268 g/mol. The molecule has 0 radical (unpaired) electrons. The van der Waals surface area contributed by atoms with Gasteiger partial charge in [0.25, 0.3) is 5.91 Å². The number of carbonyl (C=O) groups excluding carboxylic acids is 1. The molecule has 0 spiro atoms. The molecule has 2 heterocycles. The molecule has 7 nitrogen and oxygen atoms in total. The lowest BCUT2D eigenvalue weighted by Crippen LogP contribution is -2.15. The van der Waals surface area contributed by atoms with Crippen LogP contribution in [0, 0.1) is 0 Å². The first-order valence-corrected chi connectivity index (χ1v) is 6.23. The Bertz CT molecular complexity index is 768. The number of nitrogens with two attached hydrogens (primary N) is 1. The Morgan fingerprint density at radius 1 is 1.10 bits per heavy atom. The van der Waals surface area contributed by atoms with Crippen molar-refractivity contribution in [3.63, 3.8) is 0 Å². The van der Waals surface area contributed by atoms with Gasteiger partial charge in [0.15, 0.2) is 5.69 Å². The van der Waals surface area contributed by atoms with Gasteiger partial charge in [0.2, 0.25) is 5.95 Å². The zero-order valence-electron chi connectivity index (χ0n) is 11.0. The predicted octanol–water partition coefficient (Wildman–Crippen LogP) is 1.50. The molecule has 2 aromatic heterocycles. The molecule has 1 aromatic carbocycles. The first kappa shape index (κ1) is 12.8. The topological polar surface area (TPSA) is 98.7 Å². The summed E-state index contributed by atoms with van der Waals surface area (Å²) in [4.78, 5) is 19.9. The number of aromatic nitrogens is 4. The zero-order chi connectivity index (χ0) is 14.7. The predicted molar refractivity (Wildman–Crippen MR) is 78.0 cm³/mol. The smallest absolute Gasteiger partial charge is 0.278 e. The van der Waals surface area contributed by atoms with Gasteiger partial charge in [-0.3, -0.25) is 10.1 Å². The van der Waals surface area contributed by atoms with E-state index >= 15 is 0 Å². The number of carbonyl (C=O) groups is 1. The Hall–Kier alpha value is -3.22. The van der Waals surface area contributed by atoms with Crippen molar-refractivity contribution in [1.82, 2.24) is 19.7 Å². The number of anilines is 2. The van der Waals surface area contributed by atoms with Crippen LogP contribution in [0.25, 0.3) is 5.69 Å². The van der Waals surface area contributed by atoms with Gasteiger partial charge in [0.05, 0.1) is 11.4 Å². The summed E-state index contributed by atoms with van der Waals surface area (Å²) in [6.07, 6.45) is 4.77. The molecule has 1 amide bonds. The second-order valence-electron chi connectivity index (χ2n) is 4.23. The highest BCUT2D eigenvalue weighted by atomic mass is 16.2. The van der Waals surface area contributed by atoms with Crippen LogP contribution < -0.4 is 11.1 Å². The second-order valence-corrected chi connectivity index (χ2v) is 4.23. The number of rotatable bonds is 3. The Labute approximate surface area is 120 Å². The van der Waals surface area contributed by atoms with Crippen molar-refractivity contribution in [2.24, 2.45) is 0 Å². The SMILES string of the molecule is Nc1ccccc1-n1ccc(C(=O)Nc2ncccn2)n1. The van der Waals surface area contributed by atoms with Crippen molar-refractivity contribution in [2.75, 3.05) is 11.1 Å². The van der Waals surface area contributed by atoms with Gasteiger partial charge in [-0.25, -0.2) is 14.6 Å². The minimum Gasteiger partial charge on any atom is -0.397 e. The fourth-order valence-electron chi connectivity index (χ4n) is 1.80. The Kier molecular flexibility index (Phi) is 3.30. The van der Waals surface area contributed by atoms with Crippen LogP contribution in [-0.4, -0.2) is 25.7 Å². The lowest BCUT2D eigenvalue weighted by atomic mass is 10.3. The highest BCUT2D eigenvalue weighted by Gasteiger charge is 2.12. The standard InChI is InChI=1S/C14H12N6O/c15-10-4-1-2-5-12(10)20-9-6-11(19-20)13(21)18-14-16-7-3-8-17-14/h1-9H,15H2,(H,16,17,18,21). The largest absolute Gasteiger partial charge is 0.397 e. The molecule has 3 rings (SSSR count). The van der Waals surface area contributed by atoms with Crippen LogP contribution in [-0.2, 0) is 0 Å². The molecule has 7 heteroatoms. The molecule has 0 aliphatic carbocycles. The average molecular weight is 280 g/mol. The van der Waals surface area contributed by atoms with Crippen molar-refractivity contribution in [1.29, 1.82) is 0 Å². The van der Waals surface area contributed by atoms with Gasteiger partial charge in [0, 0.05) is 18.6 Å². The summed E-state index contributed by atoms with van der Waals surface area (Å²) in [5.74, 6) is -0.147. The van der Waals surface area contributed by atoms with Gasteiger partial charge in [-0.05, 0) is 24.3 Å². The minimum absolute atomic E-state index is 0.233. The fourth-order valence-corrected chi connectivity index (χ4v) is 1.80. The third-order valence-corrected chi connectivity index (χ3v) is 2.80. The third kappa shape index (κ3) is 2.71. The summed E-state index contributed by atoms with van der Waals surface area (Å²) < 4.78 is 1.55. The van der Waals surface area contributed by atoms with Crippen molar-refractivity contribution >= 4 is 17.5 Å². The summed E-state index contributed by atoms with van der Waals surface area (Å²) in [7, 11) is 0. The van der Waals surface area contributed by atoms with E-state index in [0.717, 1.165) is 0 Å². The van der Waals surface area contributed by atoms with Crippen LogP contribution in [0.1, 0.15) is 10.5 Å². The number of nitrogens with one attached hydrogen (secondary N) is 1. The third-order valence-electron chi connectivity index (χ3n) is 2.80. The maximum absolute atomic E-state index is 12.0. The van der Waals surface area contributed by atoms with E-state index in [0.29, 0.717) is 11.4 Å². The molecule has 0 saturated heterocycles. The van der Waals surface area contributed by atoms with Gasteiger partial charge >= 0.3 is 0 Å². The lowest BCUT2D eigenvalue weighted by molar-refractivity contribution is 0.102. The van der Waals surface area contributed by atoms with Gasteiger partial charge in [0.1, 0.15) is 0 Å². The van der Waals surface area contributed by atoms with Gasteiger partial charge in [-0.2, -0.15) is 5.10 Å². The summed E-state index contributed by atoms with van der Waals surface area (Å²) in [6.45, 7) is 0. The number of hydrogen-bond acceptors (Lipinski definition) is 5. The number of nitrogen functional groups attached to an aromatic ring is 1. The molecule has 21 heavy (non-hydrogen) atoms. The maximum atomic E-state index is 12.0. The van der Waals surface area contributed by atoms with Crippen LogP contribution in [0.2, 0.25) is 0 Å². The van der Waals surface area contributed by atoms with Crippen LogP contribution in [0.3, 0.4) is 0 Å². The molecule has 0 aliphatic heterocycles. The molecule has 0 unspecified atom stereocenters. The number of para-hydroxylation sites is 2. The first-order valence-electron chi connectivity index (χ1n) is 6.23. The quantitative estimate of drug-likeness (QED) is 0.708. The van der Waals surface area contributed by atoms with Crippen molar-refractivity contribution in [2.45, 2.75) is 0 Å². The van der Waals surface area contributed by atoms with Crippen LogP contribution >= 0.6 is 0 Å². The molecular formula is C14H12N6O. The van der Waals surface area contributed by atoms with E-state index in [1.165, 1.54) is 0 Å². The zero-order valence-corrected chi connectivity index (χ0v) is 11.0. The van der Waals surface area contributed by atoms with Crippen LogP contribution in [0.15, 0.2) is 55.0 Å². The minimum atomic E-state index is -0.380. The van der Waals surface area contributed by atoms with Gasteiger partial charge in [-0.15, -0.1) is 0 Å². The number of hydrogen-bond donors (Lipinski definition) is 2. The molecule has 0 saturated carbocycles. The van der Waals surface area contributed by atoms with Crippen molar-refractivity contribution < 1.29 is 4.79 Å². The summed E-state index contributed by atoms with van der Waals surface area (Å²) in [5.41, 5.74) is 7.43. The highest BCUT2D eigenvalue weighted by Crippen LogP contribution is 2.15. The van der Waals surface area contributed by atoms with E-state index in [9.17, 15) is 4.79 Å². The Morgan fingerprint density at radius 2 is 1.86 bits per heavy atom. The Morgan fingerprint density at radius 3 is 2.62 bits per heavy atom. The van der Waals surface area contributed by atoms with Crippen LogP contribution in [0.5, 0.6) is 0 Å². The second kappa shape index (κ2) is 5.41. The first-order chi connectivity index (χ1) is 10.2. The van der Waals surface area contributed by atoms with Gasteiger partial charge < -0.3 is 5.73 Å². The van der Waals surface area contributed by atoms with Crippen LogP contribution in [0.4, 0.5) is 11.6 Å². The molecule has 3 aromatic rings.